The number of piperidine rings is 1. The summed E-state index contributed by atoms with van der Waals surface area (Å²) in [5.74, 6) is -1.11. The molecule has 21 heavy (non-hydrogen) atoms. The van der Waals surface area contributed by atoms with Crippen LogP contribution in [0.3, 0.4) is 0 Å². The Morgan fingerprint density at radius 3 is 2.43 bits per heavy atom. The summed E-state index contributed by atoms with van der Waals surface area (Å²) in [5, 5.41) is 18.5. The van der Waals surface area contributed by atoms with E-state index in [0.717, 1.165) is 19.3 Å². The lowest BCUT2D eigenvalue weighted by molar-refractivity contribution is -0.142. The molecule has 1 saturated heterocycles. The fourth-order valence-electron chi connectivity index (χ4n) is 3.11. The second-order valence-corrected chi connectivity index (χ2v) is 7.81. The van der Waals surface area contributed by atoms with Gasteiger partial charge in [0.15, 0.2) is 0 Å². The van der Waals surface area contributed by atoms with Crippen LogP contribution in [-0.4, -0.2) is 54.6 Å². The molecule has 3 N–H and O–H groups in total. The molecular formula is C13H24N2O5S. The second-order valence-electron chi connectivity index (χ2n) is 6.05. The molecule has 122 valence electrons. The van der Waals surface area contributed by atoms with Gasteiger partial charge in [-0.1, -0.05) is 6.42 Å². The third-order valence-electron chi connectivity index (χ3n) is 4.45. The number of aliphatic carboxylic acids is 1. The third kappa shape index (κ3) is 4.64. The van der Waals surface area contributed by atoms with Crippen molar-refractivity contribution in [3.63, 3.8) is 0 Å². The van der Waals surface area contributed by atoms with E-state index in [2.05, 4.69) is 4.72 Å². The molecule has 0 radical (unpaired) electrons. The zero-order valence-corrected chi connectivity index (χ0v) is 12.9. The molecule has 2 fully saturated rings. The van der Waals surface area contributed by atoms with Crippen LogP contribution in [0.15, 0.2) is 0 Å². The highest BCUT2D eigenvalue weighted by molar-refractivity contribution is 7.87. The van der Waals surface area contributed by atoms with Gasteiger partial charge < -0.3 is 10.2 Å². The fraction of sp³-hybridized carbons (Fsp3) is 0.923. The molecule has 1 aliphatic carbocycles. The Balaban J connectivity index is 1.81. The van der Waals surface area contributed by atoms with Gasteiger partial charge in [-0.2, -0.15) is 12.7 Å². The molecule has 8 heteroatoms. The van der Waals surface area contributed by atoms with Crippen molar-refractivity contribution in [1.82, 2.24) is 9.03 Å². The monoisotopic (exact) mass is 320 g/mol. The van der Waals surface area contributed by atoms with Crippen LogP contribution in [0, 0.1) is 11.8 Å². The van der Waals surface area contributed by atoms with Gasteiger partial charge in [0.25, 0.3) is 10.2 Å². The zero-order chi connectivity index (χ0) is 15.5. The largest absolute Gasteiger partial charge is 0.481 e. The number of hydrogen-bond acceptors (Lipinski definition) is 4. The van der Waals surface area contributed by atoms with Gasteiger partial charge in [-0.15, -0.1) is 0 Å². The first-order valence-corrected chi connectivity index (χ1v) is 8.98. The van der Waals surface area contributed by atoms with E-state index in [9.17, 15) is 18.3 Å². The molecule has 2 aliphatic rings. The topological polar surface area (TPSA) is 107 Å². The number of nitrogens with zero attached hydrogens (tertiary/aromatic N) is 1. The fourth-order valence-corrected chi connectivity index (χ4v) is 4.43. The van der Waals surface area contributed by atoms with E-state index in [4.69, 9.17) is 5.11 Å². The zero-order valence-electron chi connectivity index (χ0n) is 12.1. The molecule has 0 spiro atoms. The minimum absolute atomic E-state index is 0.181. The molecule has 1 aliphatic heterocycles. The Kier molecular flexibility index (Phi) is 5.59. The van der Waals surface area contributed by atoms with Crippen LogP contribution >= 0.6 is 0 Å². The normalized spacial score (nSPS) is 29.4. The molecule has 2 rings (SSSR count). The molecule has 2 atom stereocenters. The molecule has 0 aromatic carbocycles. The van der Waals surface area contributed by atoms with Gasteiger partial charge in [-0.05, 0) is 38.0 Å². The molecule has 0 amide bonds. The summed E-state index contributed by atoms with van der Waals surface area (Å²) in [4.78, 5) is 10.9. The summed E-state index contributed by atoms with van der Waals surface area (Å²) in [5.41, 5.74) is 0. The smallest absolute Gasteiger partial charge is 0.306 e. The average molecular weight is 320 g/mol. The van der Waals surface area contributed by atoms with Crippen molar-refractivity contribution >= 4 is 16.2 Å². The number of aliphatic hydroxyl groups is 1. The molecule has 1 saturated carbocycles. The van der Waals surface area contributed by atoms with Gasteiger partial charge >= 0.3 is 5.97 Å². The van der Waals surface area contributed by atoms with Crippen LogP contribution < -0.4 is 4.72 Å². The highest BCUT2D eigenvalue weighted by Gasteiger charge is 2.31. The highest BCUT2D eigenvalue weighted by Crippen LogP contribution is 2.24. The quantitative estimate of drug-likeness (QED) is 0.669. The molecular weight excluding hydrogens is 296 g/mol. The van der Waals surface area contributed by atoms with Gasteiger partial charge in [0.2, 0.25) is 0 Å². The Morgan fingerprint density at radius 1 is 1.19 bits per heavy atom. The number of rotatable bonds is 5. The van der Waals surface area contributed by atoms with E-state index < -0.39 is 22.1 Å². The molecule has 0 bridgehead atoms. The van der Waals surface area contributed by atoms with E-state index >= 15 is 0 Å². The Hall–Kier alpha value is -0.700. The van der Waals surface area contributed by atoms with E-state index in [0.29, 0.717) is 25.8 Å². The maximum absolute atomic E-state index is 12.2. The minimum atomic E-state index is -3.54. The lowest BCUT2D eigenvalue weighted by Gasteiger charge is -2.31. The van der Waals surface area contributed by atoms with Gasteiger partial charge in [-0.3, -0.25) is 4.79 Å². The minimum Gasteiger partial charge on any atom is -0.481 e. The van der Waals surface area contributed by atoms with Crippen molar-refractivity contribution in [2.45, 2.75) is 44.6 Å². The third-order valence-corrected chi connectivity index (χ3v) is 6.03. The summed E-state index contributed by atoms with van der Waals surface area (Å²) >= 11 is 0. The first kappa shape index (κ1) is 16.7. The summed E-state index contributed by atoms with van der Waals surface area (Å²) in [6.07, 6.45) is 3.70. The summed E-state index contributed by atoms with van der Waals surface area (Å²) < 4.78 is 28.3. The SMILES string of the molecule is O=C(O)C1CCN(S(=O)(=O)NCC2CCCC(O)C2)CC1. The number of carboxylic acid groups (broad SMARTS) is 1. The van der Waals surface area contributed by atoms with E-state index in [-0.39, 0.29) is 25.1 Å². The number of aliphatic hydroxyl groups excluding tert-OH is 1. The molecule has 1 heterocycles. The highest BCUT2D eigenvalue weighted by atomic mass is 32.2. The lowest BCUT2D eigenvalue weighted by Crippen LogP contribution is -2.47. The van der Waals surface area contributed by atoms with Crippen molar-refractivity contribution in [1.29, 1.82) is 0 Å². The first-order valence-electron chi connectivity index (χ1n) is 7.54. The maximum atomic E-state index is 12.2. The molecule has 2 unspecified atom stereocenters. The van der Waals surface area contributed by atoms with E-state index in [1.165, 1.54) is 4.31 Å². The summed E-state index contributed by atoms with van der Waals surface area (Å²) in [6.45, 7) is 0.845. The van der Waals surface area contributed by atoms with Crippen molar-refractivity contribution in [2.75, 3.05) is 19.6 Å². The van der Waals surface area contributed by atoms with E-state index in [1.54, 1.807) is 0 Å². The molecule has 0 aromatic rings. The van der Waals surface area contributed by atoms with Crippen molar-refractivity contribution < 1.29 is 23.4 Å². The van der Waals surface area contributed by atoms with Gasteiger partial charge in [0, 0.05) is 19.6 Å². The van der Waals surface area contributed by atoms with Crippen LogP contribution in [0.4, 0.5) is 0 Å². The number of carbonyl (C=O) groups is 1. The number of carboxylic acids is 1. The van der Waals surface area contributed by atoms with Crippen LogP contribution in [-0.2, 0) is 15.0 Å². The van der Waals surface area contributed by atoms with Crippen molar-refractivity contribution in [3.8, 4) is 0 Å². The molecule has 0 aromatic heterocycles. The standard InChI is InChI=1S/C13H24N2O5S/c16-12-3-1-2-10(8-12)9-14-21(19,20)15-6-4-11(5-7-15)13(17)18/h10-12,14,16H,1-9H2,(H,17,18). The predicted molar refractivity (Wildman–Crippen MR) is 76.8 cm³/mol. The maximum Gasteiger partial charge on any atom is 0.306 e. The Bertz CT molecular complexity index is 459. The second kappa shape index (κ2) is 7.04. The van der Waals surface area contributed by atoms with Crippen LogP contribution in [0.1, 0.15) is 38.5 Å². The summed E-state index contributed by atoms with van der Waals surface area (Å²) in [7, 11) is -3.54. The Labute approximate surface area is 125 Å². The molecule has 7 nitrogen and oxygen atoms in total. The number of nitrogens with one attached hydrogen (secondary N) is 1. The average Bonchev–Trinajstić information content (AvgIpc) is 2.45. The van der Waals surface area contributed by atoms with Crippen molar-refractivity contribution in [2.24, 2.45) is 11.8 Å². The lowest BCUT2D eigenvalue weighted by atomic mass is 9.87. The van der Waals surface area contributed by atoms with E-state index in [1.807, 2.05) is 0 Å². The van der Waals surface area contributed by atoms with Crippen molar-refractivity contribution in [3.05, 3.63) is 0 Å². The van der Waals surface area contributed by atoms with Crippen LogP contribution in [0.25, 0.3) is 0 Å². The first-order chi connectivity index (χ1) is 9.88. The van der Waals surface area contributed by atoms with Crippen LogP contribution in [0.2, 0.25) is 0 Å². The predicted octanol–water partition coefficient (Wildman–Crippen LogP) is 0.168. The van der Waals surface area contributed by atoms with Gasteiger partial charge in [0.05, 0.1) is 12.0 Å². The summed E-state index contributed by atoms with van der Waals surface area (Å²) in [6, 6.07) is 0. The Morgan fingerprint density at radius 2 is 1.86 bits per heavy atom. The van der Waals surface area contributed by atoms with Gasteiger partial charge in [-0.25, -0.2) is 4.72 Å². The van der Waals surface area contributed by atoms with Crippen LogP contribution in [0.5, 0.6) is 0 Å². The van der Waals surface area contributed by atoms with Gasteiger partial charge in [0.1, 0.15) is 0 Å². The number of hydrogen-bond donors (Lipinski definition) is 3.